The van der Waals surface area contributed by atoms with Crippen LogP contribution in [0.15, 0.2) is 51.4 Å². The van der Waals surface area contributed by atoms with E-state index in [-0.39, 0.29) is 24.4 Å². The van der Waals surface area contributed by atoms with Crippen LogP contribution in [0.4, 0.5) is 0 Å². The van der Waals surface area contributed by atoms with Crippen LogP contribution in [0, 0.1) is 6.92 Å². The van der Waals surface area contributed by atoms with Gasteiger partial charge in [-0.05, 0) is 43.3 Å². The summed E-state index contributed by atoms with van der Waals surface area (Å²) in [5.74, 6) is -0.410. The third kappa shape index (κ3) is 7.45. The van der Waals surface area contributed by atoms with Crippen LogP contribution in [0.25, 0.3) is 21.3 Å². The van der Waals surface area contributed by atoms with E-state index in [1.54, 1.807) is 6.20 Å². The third-order valence-corrected chi connectivity index (χ3v) is 9.10. The van der Waals surface area contributed by atoms with Crippen molar-refractivity contribution in [3.05, 3.63) is 79.1 Å². The number of ether oxygens (including phenoxy) is 1. The molecule has 0 bridgehead atoms. The second kappa shape index (κ2) is 13.3. The largest absolute Gasteiger partial charge is 0.403 e. The summed E-state index contributed by atoms with van der Waals surface area (Å²) in [5.41, 5.74) is 9.76. The maximum Gasteiger partial charge on any atom is 0.403 e. The van der Waals surface area contributed by atoms with Crippen LogP contribution in [0.2, 0.25) is 0 Å². The molecule has 3 heterocycles. The van der Waals surface area contributed by atoms with E-state index in [0.717, 1.165) is 48.6 Å². The average Bonchev–Trinajstić information content (AvgIpc) is 3.58. The number of azide groups is 1. The molecule has 0 spiro atoms. The van der Waals surface area contributed by atoms with E-state index in [2.05, 4.69) is 30.4 Å². The molecule has 2 fully saturated rings. The van der Waals surface area contributed by atoms with Gasteiger partial charge in [0.2, 0.25) is 5.91 Å². The van der Waals surface area contributed by atoms with Crippen molar-refractivity contribution in [2.45, 2.75) is 82.3 Å². The lowest BCUT2D eigenvalue weighted by molar-refractivity contribution is -0.123. The monoisotopic (exact) mass is 614 g/mol. The predicted octanol–water partition coefficient (Wildman–Crippen LogP) is 3.06. The van der Waals surface area contributed by atoms with Crippen molar-refractivity contribution in [2.75, 3.05) is 6.61 Å². The number of fused-ring (bicyclic) bond motifs is 1. The summed E-state index contributed by atoms with van der Waals surface area (Å²) in [6, 6.07) is 5.64. The highest BCUT2D eigenvalue weighted by Crippen LogP contribution is 2.40. The first-order valence-electron chi connectivity index (χ1n) is 14.3. The molecular formula is C27H35N8O7P. The second-order valence-electron chi connectivity index (χ2n) is 11.0. The Hall–Kier alpha value is -3.71. The quantitative estimate of drug-likeness (QED) is 0.0933. The zero-order valence-corrected chi connectivity index (χ0v) is 24.5. The van der Waals surface area contributed by atoms with E-state index >= 15 is 0 Å². The molecule has 1 saturated carbocycles. The van der Waals surface area contributed by atoms with Crippen molar-refractivity contribution in [3.8, 4) is 0 Å². The Kier molecular flexibility index (Phi) is 9.50. The molecule has 1 aliphatic carbocycles. The molecule has 16 heteroatoms. The van der Waals surface area contributed by atoms with Crippen LogP contribution in [-0.4, -0.2) is 56.2 Å². The van der Waals surface area contributed by atoms with Gasteiger partial charge in [0.05, 0.1) is 18.8 Å². The molecule has 1 saturated heterocycles. The second-order valence-corrected chi connectivity index (χ2v) is 12.6. The van der Waals surface area contributed by atoms with Crippen LogP contribution in [0.3, 0.4) is 0 Å². The average molecular weight is 615 g/mol. The fourth-order valence-electron chi connectivity index (χ4n) is 5.70. The highest BCUT2D eigenvalue weighted by Gasteiger charge is 2.39. The van der Waals surface area contributed by atoms with Gasteiger partial charge in [0, 0.05) is 46.2 Å². The maximum atomic E-state index is 13.4. The Morgan fingerprint density at radius 1 is 1.30 bits per heavy atom. The van der Waals surface area contributed by atoms with Crippen molar-refractivity contribution in [3.63, 3.8) is 0 Å². The summed E-state index contributed by atoms with van der Waals surface area (Å²) >= 11 is 0. The van der Waals surface area contributed by atoms with Gasteiger partial charge < -0.3 is 19.9 Å². The minimum atomic E-state index is -4.60. The standard InChI is InChI=1S/C27H35N8O7P/c1-16-14-35(27(38)31-25(16)36)24-12-21(32-34-28)23(42-24)15-41-43(39,40)33-22(26(37)30-18-7-3-2-4-8-18)11-17-13-29-20-10-6-5-9-19(17)20/h5-6,9-10,13-14,18,21-24,29H,2-4,7-8,11-12,15H2,1H3,(H,30,37)(H,31,36,38)(H2,33,39,40)/t21-,22+,23-,24?/m1/s1. The third-order valence-electron chi connectivity index (χ3n) is 7.96. The first kappa shape index (κ1) is 30.7. The van der Waals surface area contributed by atoms with Crippen LogP contribution in [0.1, 0.15) is 55.9 Å². The molecule has 1 amide bonds. The molecule has 5 N–H and O–H groups in total. The summed E-state index contributed by atoms with van der Waals surface area (Å²) in [5, 5.41) is 10.2. The number of nitrogens with one attached hydrogen (secondary N) is 4. The SMILES string of the molecule is Cc1cn(C2C[C@@H](N=[N+]=[N-])[C@@H](COP(=O)(O)N[C@@H](Cc3c[nH]c4ccccc34)C(=O)NC3CCCCC3)O2)c(=O)[nH]c1=O. The van der Waals surface area contributed by atoms with Crippen LogP contribution in [-0.2, 0) is 25.0 Å². The number of rotatable bonds is 11. The molecule has 230 valence electrons. The van der Waals surface area contributed by atoms with Crippen molar-refractivity contribution in [2.24, 2.45) is 5.11 Å². The van der Waals surface area contributed by atoms with Crippen LogP contribution in [0.5, 0.6) is 0 Å². The number of carbonyl (C=O) groups excluding carboxylic acids is 1. The Balaban J connectivity index is 1.30. The number of hydrogen-bond donors (Lipinski definition) is 5. The van der Waals surface area contributed by atoms with E-state index in [9.17, 15) is 23.8 Å². The molecule has 2 aliphatic rings. The Morgan fingerprint density at radius 3 is 2.84 bits per heavy atom. The number of aryl methyl sites for hydroxylation is 1. The molecule has 2 unspecified atom stereocenters. The first-order valence-corrected chi connectivity index (χ1v) is 15.8. The zero-order chi connectivity index (χ0) is 30.6. The van der Waals surface area contributed by atoms with Crippen molar-refractivity contribution in [1.29, 1.82) is 0 Å². The van der Waals surface area contributed by atoms with E-state index in [1.807, 2.05) is 24.3 Å². The molecule has 0 radical (unpaired) electrons. The highest BCUT2D eigenvalue weighted by molar-refractivity contribution is 7.50. The number of nitrogens with zero attached hydrogens (tertiary/aromatic N) is 4. The maximum absolute atomic E-state index is 13.4. The topological polar surface area (TPSA) is 216 Å². The lowest BCUT2D eigenvalue weighted by Crippen LogP contribution is -2.48. The Labute approximate surface area is 246 Å². The summed E-state index contributed by atoms with van der Waals surface area (Å²) in [4.78, 5) is 56.6. The minimum Gasteiger partial charge on any atom is -0.361 e. The molecule has 3 aromatic rings. The number of para-hydroxylation sites is 1. The van der Waals surface area contributed by atoms with Gasteiger partial charge in [-0.3, -0.25) is 23.7 Å². The number of aromatic nitrogens is 3. The van der Waals surface area contributed by atoms with Gasteiger partial charge in [0.15, 0.2) is 0 Å². The smallest absolute Gasteiger partial charge is 0.361 e. The summed E-state index contributed by atoms with van der Waals surface area (Å²) in [6.07, 6.45) is 6.22. The van der Waals surface area contributed by atoms with E-state index in [1.165, 1.54) is 17.7 Å². The molecule has 5 atom stereocenters. The van der Waals surface area contributed by atoms with E-state index in [4.69, 9.17) is 14.8 Å². The van der Waals surface area contributed by atoms with Gasteiger partial charge in [-0.2, -0.15) is 0 Å². The number of hydrogen-bond acceptors (Lipinski definition) is 7. The molecule has 2 aromatic heterocycles. The van der Waals surface area contributed by atoms with Gasteiger partial charge in [-0.25, -0.2) is 14.4 Å². The van der Waals surface area contributed by atoms with Gasteiger partial charge in [-0.1, -0.05) is 42.6 Å². The van der Waals surface area contributed by atoms with Crippen molar-refractivity contribution in [1.82, 2.24) is 24.9 Å². The lowest BCUT2D eigenvalue weighted by atomic mass is 9.95. The summed E-state index contributed by atoms with van der Waals surface area (Å²) in [7, 11) is -4.60. The van der Waals surface area contributed by atoms with Crippen molar-refractivity contribution >= 4 is 24.6 Å². The van der Waals surface area contributed by atoms with E-state index in [0.29, 0.717) is 0 Å². The number of amides is 1. The minimum absolute atomic E-state index is 0.0130. The molecule has 15 nitrogen and oxygen atoms in total. The van der Waals surface area contributed by atoms with Crippen LogP contribution >= 0.6 is 7.75 Å². The van der Waals surface area contributed by atoms with Gasteiger partial charge >= 0.3 is 13.4 Å². The predicted molar refractivity (Wildman–Crippen MR) is 157 cm³/mol. The van der Waals surface area contributed by atoms with Crippen molar-refractivity contribution < 1.29 is 23.5 Å². The fourth-order valence-corrected chi connectivity index (χ4v) is 6.72. The summed E-state index contributed by atoms with van der Waals surface area (Å²) < 4.78 is 25.7. The van der Waals surface area contributed by atoms with Crippen LogP contribution < -0.4 is 21.7 Å². The molecule has 43 heavy (non-hydrogen) atoms. The number of aromatic amines is 2. The lowest BCUT2D eigenvalue weighted by Gasteiger charge is -2.27. The number of carbonyl (C=O) groups is 1. The molecule has 1 aromatic carbocycles. The van der Waals surface area contributed by atoms with Gasteiger partial charge in [-0.15, -0.1) is 0 Å². The zero-order valence-electron chi connectivity index (χ0n) is 23.6. The molecular weight excluding hydrogens is 579 g/mol. The van der Waals surface area contributed by atoms with Gasteiger partial charge in [0.25, 0.3) is 5.56 Å². The number of H-pyrrole nitrogens is 2. The normalized spacial score (nSPS) is 23.0. The van der Waals surface area contributed by atoms with E-state index < -0.39 is 55.9 Å². The Bertz CT molecular complexity index is 1670. The Morgan fingerprint density at radius 2 is 2.07 bits per heavy atom. The summed E-state index contributed by atoms with van der Waals surface area (Å²) in [6.45, 7) is 1.06. The fraction of sp³-hybridized carbons (Fsp3) is 0.519. The molecule has 1 aliphatic heterocycles. The first-order chi connectivity index (χ1) is 20.6. The van der Waals surface area contributed by atoms with Gasteiger partial charge in [0.1, 0.15) is 12.3 Å². The highest BCUT2D eigenvalue weighted by atomic mass is 31.2. The number of benzene rings is 1. The molecule has 5 rings (SSSR count).